The van der Waals surface area contributed by atoms with Crippen LogP contribution >= 0.6 is 11.3 Å². The number of rotatable bonds is 3. The Hall–Kier alpha value is -0.430. The Bertz CT molecular complexity index is 455. The summed E-state index contributed by atoms with van der Waals surface area (Å²) in [6, 6.07) is 3.41. The number of hydrogen-bond donors (Lipinski definition) is 1. The number of sulfonamides is 1. The molecule has 1 saturated heterocycles. The van der Waals surface area contributed by atoms with E-state index in [0.717, 1.165) is 12.8 Å². The van der Waals surface area contributed by atoms with E-state index in [4.69, 9.17) is 5.73 Å². The monoisotopic (exact) mass is 260 g/mol. The van der Waals surface area contributed by atoms with Gasteiger partial charge < -0.3 is 5.73 Å². The Labute approximate surface area is 100 Å². The van der Waals surface area contributed by atoms with Crippen LogP contribution in [0.2, 0.25) is 0 Å². The lowest BCUT2D eigenvalue weighted by atomic mass is 10.0. The van der Waals surface area contributed by atoms with Crippen LogP contribution in [0, 0.1) is 0 Å². The highest BCUT2D eigenvalue weighted by molar-refractivity contribution is 7.91. The third kappa shape index (κ3) is 1.79. The van der Waals surface area contributed by atoms with E-state index in [1.165, 1.54) is 11.3 Å². The average Bonchev–Trinajstić information content (AvgIpc) is 2.86. The van der Waals surface area contributed by atoms with Gasteiger partial charge >= 0.3 is 0 Å². The molecule has 0 amide bonds. The number of nitrogens with two attached hydrogens (primary N) is 1. The Morgan fingerprint density at radius 1 is 1.62 bits per heavy atom. The molecule has 6 heteroatoms. The summed E-state index contributed by atoms with van der Waals surface area (Å²) in [7, 11) is -3.34. The predicted molar refractivity (Wildman–Crippen MR) is 64.9 cm³/mol. The van der Waals surface area contributed by atoms with Gasteiger partial charge in [0.1, 0.15) is 4.21 Å². The molecule has 1 fully saturated rings. The normalized spacial score (nSPS) is 27.4. The van der Waals surface area contributed by atoms with E-state index in [1.807, 2.05) is 6.92 Å². The van der Waals surface area contributed by atoms with Crippen molar-refractivity contribution in [3.8, 4) is 0 Å². The van der Waals surface area contributed by atoms with Crippen molar-refractivity contribution in [2.75, 3.05) is 13.1 Å². The average molecular weight is 260 g/mol. The van der Waals surface area contributed by atoms with E-state index in [9.17, 15) is 8.42 Å². The zero-order valence-corrected chi connectivity index (χ0v) is 10.9. The molecule has 2 N–H and O–H groups in total. The van der Waals surface area contributed by atoms with Crippen molar-refractivity contribution in [2.45, 2.75) is 29.5 Å². The summed E-state index contributed by atoms with van der Waals surface area (Å²) >= 11 is 1.26. The van der Waals surface area contributed by atoms with Crippen molar-refractivity contribution in [1.29, 1.82) is 0 Å². The van der Waals surface area contributed by atoms with E-state index in [0.29, 0.717) is 17.3 Å². The van der Waals surface area contributed by atoms with Gasteiger partial charge in [0.25, 0.3) is 10.0 Å². The predicted octanol–water partition coefficient (Wildman–Crippen LogP) is 1.25. The van der Waals surface area contributed by atoms with Gasteiger partial charge in [0.2, 0.25) is 0 Å². The van der Waals surface area contributed by atoms with Gasteiger partial charge in [-0.2, -0.15) is 4.31 Å². The van der Waals surface area contributed by atoms with Crippen LogP contribution < -0.4 is 5.73 Å². The van der Waals surface area contributed by atoms with Gasteiger partial charge in [0, 0.05) is 18.6 Å². The molecule has 0 spiro atoms. The zero-order valence-electron chi connectivity index (χ0n) is 9.22. The fourth-order valence-electron chi connectivity index (χ4n) is 2.13. The van der Waals surface area contributed by atoms with Crippen LogP contribution in [0.1, 0.15) is 19.8 Å². The number of thiophene rings is 1. The zero-order chi connectivity index (χ0) is 11.8. The second kappa shape index (κ2) is 4.10. The maximum Gasteiger partial charge on any atom is 0.253 e. The van der Waals surface area contributed by atoms with Gasteiger partial charge in [0.05, 0.1) is 0 Å². The van der Waals surface area contributed by atoms with Crippen LogP contribution in [0.4, 0.5) is 0 Å². The summed E-state index contributed by atoms with van der Waals surface area (Å²) in [5.74, 6) is 0. The van der Waals surface area contributed by atoms with E-state index >= 15 is 0 Å². The molecule has 1 atom stereocenters. The first-order valence-corrected chi connectivity index (χ1v) is 7.59. The molecule has 1 unspecified atom stereocenters. The standard InChI is InChI=1S/C10H16N2O2S2/c1-10(8-11)5-3-6-12(10)16(13,14)9-4-2-7-15-9/h2,4,7H,3,5-6,8,11H2,1H3. The molecule has 0 bridgehead atoms. The Morgan fingerprint density at radius 3 is 2.94 bits per heavy atom. The van der Waals surface area contributed by atoms with Gasteiger partial charge in [-0.25, -0.2) is 8.42 Å². The molecule has 4 nitrogen and oxygen atoms in total. The van der Waals surface area contributed by atoms with E-state index < -0.39 is 15.6 Å². The van der Waals surface area contributed by atoms with Gasteiger partial charge in [-0.3, -0.25) is 0 Å². The van der Waals surface area contributed by atoms with Crippen molar-refractivity contribution >= 4 is 21.4 Å². The molecule has 1 aliphatic rings. The topological polar surface area (TPSA) is 63.4 Å². The molecule has 0 aromatic carbocycles. The van der Waals surface area contributed by atoms with Crippen molar-refractivity contribution in [2.24, 2.45) is 5.73 Å². The summed E-state index contributed by atoms with van der Waals surface area (Å²) in [4.78, 5) is 0. The minimum Gasteiger partial charge on any atom is -0.329 e. The second-order valence-corrected chi connectivity index (χ2v) is 7.35. The smallest absolute Gasteiger partial charge is 0.253 e. The summed E-state index contributed by atoms with van der Waals surface area (Å²) in [5.41, 5.74) is 5.29. The van der Waals surface area contributed by atoms with Gasteiger partial charge in [-0.15, -0.1) is 11.3 Å². The van der Waals surface area contributed by atoms with E-state index in [1.54, 1.807) is 21.8 Å². The first-order valence-electron chi connectivity index (χ1n) is 5.27. The molecule has 2 rings (SSSR count). The fraction of sp³-hybridized carbons (Fsp3) is 0.600. The van der Waals surface area contributed by atoms with Crippen molar-refractivity contribution < 1.29 is 8.42 Å². The van der Waals surface area contributed by atoms with Crippen LogP contribution in [0.25, 0.3) is 0 Å². The maximum atomic E-state index is 12.4. The lowest BCUT2D eigenvalue weighted by Crippen LogP contribution is -2.49. The minimum absolute atomic E-state index is 0.373. The minimum atomic E-state index is -3.34. The highest BCUT2D eigenvalue weighted by Crippen LogP contribution is 2.34. The third-order valence-electron chi connectivity index (χ3n) is 3.16. The highest BCUT2D eigenvalue weighted by Gasteiger charge is 2.43. The van der Waals surface area contributed by atoms with Crippen LogP contribution in [0.3, 0.4) is 0 Å². The molecule has 2 heterocycles. The van der Waals surface area contributed by atoms with Gasteiger partial charge in [-0.05, 0) is 31.2 Å². The van der Waals surface area contributed by atoms with Crippen LogP contribution in [0.15, 0.2) is 21.7 Å². The van der Waals surface area contributed by atoms with Gasteiger partial charge in [-0.1, -0.05) is 6.07 Å². The molecule has 1 aliphatic heterocycles. The van der Waals surface area contributed by atoms with E-state index in [-0.39, 0.29) is 0 Å². The second-order valence-electron chi connectivity index (χ2n) is 4.31. The summed E-state index contributed by atoms with van der Waals surface area (Å²) < 4.78 is 26.7. The van der Waals surface area contributed by atoms with E-state index in [2.05, 4.69) is 0 Å². The summed E-state index contributed by atoms with van der Waals surface area (Å²) in [5, 5.41) is 1.78. The highest BCUT2D eigenvalue weighted by atomic mass is 32.2. The molecular formula is C10H16N2O2S2. The first-order chi connectivity index (χ1) is 7.50. The maximum absolute atomic E-state index is 12.4. The summed E-state index contributed by atoms with van der Waals surface area (Å²) in [6.45, 7) is 2.87. The molecule has 16 heavy (non-hydrogen) atoms. The molecule has 0 aliphatic carbocycles. The first kappa shape index (κ1) is 12.0. The lowest BCUT2D eigenvalue weighted by Gasteiger charge is -2.32. The molecular weight excluding hydrogens is 244 g/mol. The quantitative estimate of drug-likeness (QED) is 0.889. The Kier molecular flexibility index (Phi) is 3.09. The van der Waals surface area contributed by atoms with Crippen molar-refractivity contribution in [3.63, 3.8) is 0 Å². The SMILES string of the molecule is CC1(CN)CCCN1S(=O)(=O)c1cccs1. The molecule has 0 saturated carbocycles. The number of hydrogen-bond acceptors (Lipinski definition) is 4. The van der Waals surface area contributed by atoms with Crippen LogP contribution in [0.5, 0.6) is 0 Å². The van der Waals surface area contributed by atoms with Crippen molar-refractivity contribution in [3.05, 3.63) is 17.5 Å². The third-order valence-corrected chi connectivity index (χ3v) is 6.59. The molecule has 0 radical (unpaired) electrons. The van der Waals surface area contributed by atoms with Crippen molar-refractivity contribution in [1.82, 2.24) is 4.31 Å². The summed E-state index contributed by atoms with van der Waals surface area (Å²) in [6.07, 6.45) is 1.73. The van der Waals surface area contributed by atoms with Gasteiger partial charge in [0.15, 0.2) is 0 Å². The molecule has 90 valence electrons. The Morgan fingerprint density at radius 2 is 2.38 bits per heavy atom. The lowest BCUT2D eigenvalue weighted by molar-refractivity contribution is 0.274. The molecule has 1 aromatic heterocycles. The number of nitrogens with zero attached hydrogens (tertiary/aromatic N) is 1. The van der Waals surface area contributed by atoms with Crippen LogP contribution in [-0.4, -0.2) is 31.4 Å². The Balaban J connectivity index is 2.39. The van der Waals surface area contributed by atoms with Crippen LogP contribution in [-0.2, 0) is 10.0 Å². The molecule has 1 aromatic rings. The fourth-order valence-corrected chi connectivity index (χ4v) is 5.09. The largest absolute Gasteiger partial charge is 0.329 e.